The number of carbonyl (C=O) groups excluding carboxylic acids is 2. The van der Waals surface area contributed by atoms with Gasteiger partial charge in [0.15, 0.2) is 0 Å². The molecule has 114 valence electrons. The SMILES string of the molecule is CCCNC(=O)c1ccccc1NC(=O)c1ccnc(Cl)c1. The molecule has 1 aromatic carbocycles. The molecule has 0 spiro atoms. The van der Waals surface area contributed by atoms with Crippen LogP contribution in [0.5, 0.6) is 0 Å². The van der Waals surface area contributed by atoms with Crippen LogP contribution in [0.2, 0.25) is 5.15 Å². The van der Waals surface area contributed by atoms with Gasteiger partial charge in [-0.2, -0.15) is 0 Å². The van der Waals surface area contributed by atoms with Gasteiger partial charge in [-0.05, 0) is 30.7 Å². The zero-order valence-electron chi connectivity index (χ0n) is 12.1. The predicted octanol–water partition coefficient (Wildman–Crippen LogP) is 3.13. The Bertz CT molecular complexity index is 689. The summed E-state index contributed by atoms with van der Waals surface area (Å²) in [6.07, 6.45) is 2.30. The zero-order valence-corrected chi connectivity index (χ0v) is 12.9. The first-order valence-corrected chi connectivity index (χ1v) is 7.29. The summed E-state index contributed by atoms with van der Waals surface area (Å²) in [5.41, 5.74) is 1.25. The highest BCUT2D eigenvalue weighted by atomic mass is 35.5. The molecule has 2 aromatic rings. The van der Waals surface area contributed by atoms with E-state index < -0.39 is 0 Å². The van der Waals surface area contributed by atoms with Gasteiger partial charge >= 0.3 is 0 Å². The summed E-state index contributed by atoms with van der Waals surface area (Å²) in [7, 11) is 0. The van der Waals surface area contributed by atoms with E-state index in [0.29, 0.717) is 23.4 Å². The molecule has 0 aliphatic rings. The molecule has 6 heteroatoms. The molecule has 0 saturated heterocycles. The van der Waals surface area contributed by atoms with Gasteiger partial charge in [-0.1, -0.05) is 30.7 Å². The van der Waals surface area contributed by atoms with Gasteiger partial charge in [0.1, 0.15) is 5.15 Å². The van der Waals surface area contributed by atoms with Gasteiger partial charge in [0.25, 0.3) is 11.8 Å². The van der Waals surface area contributed by atoms with Crippen molar-refractivity contribution in [2.75, 3.05) is 11.9 Å². The van der Waals surface area contributed by atoms with Crippen LogP contribution in [-0.4, -0.2) is 23.3 Å². The van der Waals surface area contributed by atoms with Crippen molar-refractivity contribution in [1.29, 1.82) is 0 Å². The molecule has 2 N–H and O–H groups in total. The minimum Gasteiger partial charge on any atom is -0.352 e. The predicted molar refractivity (Wildman–Crippen MR) is 86.3 cm³/mol. The van der Waals surface area contributed by atoms with E-state index in [4.69, 9.17) is 11.6 Å². The van der Waals surface area contributed by atoms with E-state index in [0.717, 1.165) is 6.42 Å². The van der Waals surface area contributed by atoms with Gasteiger partial charge in [0, 0.05) is 18.3 Å². The lowest BCUT2D eigenvalue weighted by atomic mass is 10.1. The topological polar surface area (TPSA) is 71.1 Å². The van der Waals surface area contributed by atoms with Gasteiger partial charge in [0.2, 0.25) is 0 Å². The van der Waals surface area contributed by atoms with Crippen molar-refractivity contribution in [1.82, 2.24) is 10.3 Å². The van der Waals surface area contributed by atoms with E-state index in [-0.39, 0.29) is 17.0 Å². The standard InChI is InChI=1S/C16H16ClN3O2/c1-2-8-19-16(22)12-5-3-4-6-13(12)20-15(21)11-7-9-18-14(17)10-11/h3-7,9-10H,2,8H2,1H3,(H,19,22)(H,20,21). The van der Waals surface area contributed by atoms with Crippen molar-refractivity contribution in [3.63, 3.8) is 0 Å². The molecule has 1 heterocycles. The third kappa shape index (κ3) is 4.05. The highest BCUT2D eigenvalue weighted by Crippen LogP contribution is 2.17. The largest absolute Gasteiger partial charge is 0.352 e. The van der Waals surface area contributed by atoms with Crippen molar-refractivity contribution in [3.05, 3.63) is 58.9 Å². The Hall–Kier alpha value is -2.40. The number of hydrogen-bond acceptors (Lipinski definition) is 3. The average Bonchev–Trinajstić information content (AvgIpc) is 2.53. The second-order valence-electron chi connectivity index (χ2n) is 4.62. The molecule has 2 rings (SSSR count). The summed E-state index contributed by atoms with van der Waals surface area (Å²) >= 11 is 5.78. The highest BCUT2D eigenvalue weighted by molar-refractivity contribution is 6.29. The first-order valence-electron chi connectivity index (χ1n) is 6.92. The van der Waals surface area contributed by atoms with E-state index in [9.17, 15) is 9.59 Å². The van der Waals surface area contributed by atoms with Gasteiger partial charge in [-0.3, -0.25) is 9.59 Å². The molecule has 0 unspecified atom stereocenters. The highest BCUT2D eigenvalue weighted by Gasteiger charge is 2.13. The van der Waals surface area contributed by atoms with Crippen LogP contribution < -0.4 is 10.6 Å². The normalized spacial score (nSPS) is 10.1. The maximum absolute atomic E-state index is 12.2. The molecule has 2 amide bonds. The fraction of sp³-hybridized carbons (Fsp3) is 0.188. The van der Waals surface area contributed by atoms with Gasteiger partial charge in [0.05, 0.1) is 11.3 Å². The van der Waals surface area contributed by atoms with Crippen LogP contribution in [-0.2, 0) is 0 Å². The van der Waals surface area contributed by atoms with Crippen LogP contribution in [0, 0.1) is 0 Å². The molecular formula is C16H16ClN3O2. The Morgan fingerprint density at radius 3 is 2.68 bits per heavy atom. The van der Waals surface area contributed by atoms with Crippen LogP contribution in [0.1, 0.15) is 34.1 Å². The molecule has 0 aliphatic heterocycles. The molecule has 5 nitrogen and oxygen atoms in total. The lowest BCUT2D eigenvalue weighted by Crippen LogP contribution is -2.25. The van der Waals surface area contributed by atoms with Crippen LogP contribution >= 0.6 is 11.6 Å². The van der Waals surface area contributed by atoms with E-state index >= 15 is 0 Å². The molecule has 0 radical (unpaired) electrons. The summed E-state index contributed by atoms with van der Waals surface area (Å²) in [6, 6.07) is 9.88. The first kappa shape index (κ1) is 16.0. The van der Waals surface area contributed by atoms with E-state index in [1.165, 1.54) is 12.3 Å². The van der Waals surface area contributed by atoms with Crippen molar-refractivity contribution in [2.45, 2.75) is 13.3 Å². The minimum atomic E-state index is -0.347. The summed E-state index contributed by atoms with van der Waals surface area (Å²) in [4.78, 5) is 28.2. The second-order valence-corrected chi connectivity index (χ2v) is 5.01. The van der Waals surface area contributed by atoms with Crippen LogP contribution in [0.4, 0.5) is 5.69 Å². The van der Waals surface area contributed by atoms with E-state index in [1.54, 1.807) is 30.3 Å². The van der Waals surface area contributed by atoms with Crippen LogP contribution in [0.3, 0.4) is 0 Å². The number of rotatable bonds is 5. The third-order valence-electron chi connectivity index (χ3n) is 2.94. The average molecular weight is 318 g/mol. The maximum atomic E-state index is 12.2. The summed E-state index contributed by atoms with van der Waals surface area (Å²) in [6.45, 7) is 2.56. The second kappa shape index (κ2) is 7.56. The third-order valence-corrected chi connectivity index (χ3v) is 3.15. The fourth-order valence-corrected chi connectivity index (χ4v) is 2.04. The quantitative estimate of drug-likeness (QED) is 0.832. The van der Waals surface area contributed by atoms with Gasteiger partial charge in [-0.25, -0.2) is 4.98 Å². The van der Waals surface area contributed by atoms with Crippen molar-refractivity contribution < 1.29 is 9.59 Å². The number of pyridine rings is 1. The van der Waals surface area contributed by atoms with E-state index in [1.807, 2.05) is 6.92 Å². The first-order chi connectivity index (χ1) is 10.6. The Morgan fingerprint density at radius 1 is 1.18 bits per heavy atom. The Labute approximate surface area is 133 Å². The molecule has 1 aromatic heterocycles. The molecule has 0 aliphatic carbocycles. The van der Waals surface area contributed by atoms with Crippen molar-refractivity contribution in [2.24, 2.45) is 0 Å². The number of amides is 2. The van der Waals surface area contributed by atoms with E-state index in [2.05, 4.69) is 15.6 Å². The summed E-state index contributed by atoms with van der Waals surface area (Å²) in [5, 5.41) is 5.75. The number of anilines is 1. The summed E-state index contributed by atoms with van der Waals surface area (Å²) < 4.78 is 0. The number of nitrogens with one attached hydrogen (secondary N) is 2. The Balaban J connectivity index is 2.19. The van der Waals surface area contributed by atoms with Crippen molar-refractivity contribution in [3.8, 4) is 0 Å². The van der Waals surface area contributed by atoms with Gasteiger partial charge in [-0.15, -0.1) is 0 Å². The molecular weight excluding hydrogens is 302 g/mol. The minimum absolute atomic E-state index is 0.217. The summed E-state index contributed by atoms with van der Waals surface area (Å²) in [5.74, 6) is -0.564. The number of hydrogen-bond donors (Lipinski definition) is 2. The van der Waals surface area contributed by atoms with Crippen LogP contribution in [0.15, 0.2) is 42.6 Å². The number of benzene rings is 1. The zero-order chi connectivity index (χ0) is 15.9. The Morgan fingerprint density at radius 2 is 1.95 bits per heavy atom. The smallest absolute Gasteiger partial charge is 0.255 e. The molecule has 0 bridgehead atoms. The Kier molecular flexibility index (Phi) is 5.49. The maximum Gasteiger partial charge on any atom is 0.255 e. The molecule has 0 fully saturated rings. The molecule has 22 heavy (non-hydrogen) atoms. The van der Waals surface area contributed by atoms with Crippen LogP contribution in [0.25, 0.3) is 0 Å². The van der Waals surface area contributed by atoms with Crippen molar-refractivity contribution >= 4 is 29.1 Å². The molecule has 0 atom stereocenters. The number of halogens is 1. The number of carbonyl (C=O) groups is 2. The lowest BCUT2D eigenvalue weighted by molar-refractivity contribution is 0.0954. The lowest BCUT2D eigenvalue weighted by Gasteiger charge is -2.11. The number of nitrogens with zero attached hydrogens (tertiary/aromatic N) is 1. The van der Waals surface area contributed by atoms with Gasteiger partial charge < -0.3 is 10.6 Å². The number of aromatic nitrogens is 1. The fourth-order valence-electron chi connectivity index (χ4n) is 1.86. The monoisotopic (exact) mass is 317 g/mol. The molecule has 0 saturated carbocycles. The number of para-hydroxylation sites is 1.